The minimum Gasteiger partial charge on any atom is -0.382 e. The van der Waals surface area contributed by atoms with Crippen molar-refractivity contribution in [1.29, 1.82) is 0 Å². The molecule has 15 heavy (non-hydrogen) atoms. The number of hydrogen-bond acceptors (Lipinski definition) is 5. The topological polar surface area (TPSA) is 80.9 Å². The van der Waals surface area contributed by atoms with Gasteiger partial charge in [-0.1, -0.05) is 0 Å². The second kappa shape index (κ2) is 4.48. The first-order valence-corrected chi connectivity index (χ1v) is 5.87. The first-order chi connectivity index (χ1) is 7.25. The molecule has 1 aliphatic heterocycles. The summed E-state index contributed by atoms with van der Waals surface area (Å²) in [6.45, 7) is 0. The number of hydrogen-bond donors (Lipinski definition) is 2. The van der Waals surface area contributed by atoms with Gasteiger partial charge in [-0.3, -0.25) is 4.79 Å². The number of amides is 1. The summed E-state index contributed by atoms with van der Waals surface area (Å²) in [4.78, 5) is 19.4. The average Bonchev–Trinajstić information content (AvgIpc) is 2.71. The van der Waals surface area contributed by atoms with Crippen LogP contribution in [0.3, 0.4) is 0 Å². The van der Waals surface area contributed by atoms with Gasteiger partial charge in [0.15, 0.2) is 0 Å². The van der Waals surface area contributed by atoms with Gasteiger partial charge in [-0.25, -0.2) is 9.97 Å². The fraction of sp³-hybridized carbons (Fsp3) is 0.444. The van der Waals surface area contributed by atoms with Crippen molar-refractivity contribution >= 4 is 23.5 Å². The van der Waals surface area contributed by atoms with Crippen LogP contribution in [-0.2, 0) is 0 Å². The lowest BCUT2D eigenvalue weighted by molar-refractivity contribution is 0.0936. The van der Waals surface area contributed by atoms with E-state index in [-0.39, 0.29) is 11.9 Å². The number of aromatic nitrogens is 2. The molecular formula is C9H12N4OS. The van der Waals surface area contributed by atoms with Gasteiger partial charge in [0.2, 0.25) is 0 Å². The molecule has 0 spiro atoms. The van der Waals surface area contributed by atoms with Crippen LogP contribution in [0, 0.1) is 0 Å². The van der Waals surface area contributed by atoms with E-state index in [9.17, 15) is 4.79 Å². The Labute approximate surface area is 91.9 Å². The Kier molecular flexibility index (Phi) is 3.05. The number of carbonyl (C=O) groups excluding carboxylic acids is 1. The third kappa shape index (κ3) is 2.59. The molecular weight excluding hydrogens is 212 g/mol. The lowest BCUT2D eigenvalue weighted by atomic mass is 10.2. The summed E-state index contributed by atoms with van der Waals surface area (Å²) in [5.41, 5.74) is 5.70. The van der Waals surface area contributed by atoms with Gasteiger partial charge < -0.3 is 11.1 Å². The zero-order chi connectivity index (χ0) is 10.7. The molecule has 1 saturated heterocycles. The molecule has 0 radical (unpaired) electrons. The van der Waals surface area contributed by atoms with E-state index in [2.05, 4.69) is 15.3 Å². The lowest BCUT2D eigenvalue weighted by Crippen LogP contribution is -2.35. The Morgan fingerprint density at radius 2 is 2.40 bits per heavy atom. The van der Waals surface area contributed by atoms with Crippen molar-refractivity contribution in [3.8, 4) is 0 Å². The number of nitrogen functional groups attached to an aromatic ring is 1. The molecule has 1 unspecified atom stereocenters. The van der Waals surface area contributed by atoms with Crippen molar-refractivity contribution in [3.05, 3.63) is 18.1 Å². The van der Waals surface area contributed by atoms with Gasteiger partial charge in [0, 0.05) is 11.8 Å². The maximum atomic E-state index is 11.6. The summed E-state index contributed by atoms with van der Waals surface area (Å²) in [5.74, 6) is 2.24. The highest BCUT2D eigenvalue weighted by Crippen LogP contribution is 2.17. The van der Waals surface area contributed by atoms with Crippen LogP contribution in [0.1, 0.15) is 16.9 Å². The Hall–Kier alpha value is -1.30. The van der Waals surface area contributed by atoms with Crippen LogP contribution in [0.15, 0.2) is 12.4 Å². The monoisotopic (exact) mass is 224 g/mol. The second-order valence-electron chi connectivity index (χ2n) is 3.36. The molecule has 80 valence electrons. The van der Waals surface area contributed by atoms with Crippen LogP contribution < -0.4 is 11.1 Å². The SMILES string of the molecule is Nc1cnc(C(=O)NC2CCSC2)cn1. The van der Waals surface area contributed by atoms with Gasteiger partial charge in [0.1, 0.15) is 11.5 Å². The maximum absolute atomic E-state index is 11.6. The van der Waals surface area contributed by atoms with E-state index in [1.165, 1.54) is 12.4 Å². The molecule has 5 nitrogen and oxygen atoms in total. The minimum absolute atomic E-state index is 0.171. The summed E-state index contributed by atoms with van der Waals surface area (Å²) < 4.78 is 0. The normalized spacial score (nSPS) is 20.1. The molecule has 0 bridgehead atoms. The van der Waals surface area contributed by atoms with E-state index in [4.69, 9.17) is 5.73 Å². The van der Waals surface area contributed by atoms with E-state index >= 15 is 0 Å². The largest absolute Gasteiger partial charge is 0.382 e. The van der Waals surface area contributed by atoms with Crippen LogP contribution in [0.2, 0.25) is 0 Å². The molecule has 3 N–H and O–H groups in total. The molecule has 1 aliphatic rings. The average molecular weight is 224 g/mol. The van der Waals surface area contributed by atoms with E-state index in [0.29, 0.717) is 11.5 Å². The quantitative estimate of drug-likeness (QED) is 0.755. The molecule has 0 aromatic carbocycles. The predicted octanol–water partition coefficient (Wildman–Crippen LogP) is 0.294. The van der Waals surface area contributed by atoms with Gasteiger partial charge in [-0.15, -0.1) is 0 Å². The third-order valence-electron chi connectivity index (χ3n) is 2.17. The summed E-state index contributed by atoms with van der Waals surface area (Å²) in [5, 5.41) is 2.91. The summed E-state index contributed by atoms with van der Waals surface area (Å²) >= 11 is 1.85. The number of rotatable bonds is 2. The maximum Gasteiger partial charge on any atom is 0.271 e. The molecule has 1 aromatic rings. The Balaban J connectivity index is 1.98. The molecule has 0 aliphatic carbocycles. The molecule has 1 fully saturated rings. The van der Waals surface area contributed by atoms with E-state index < -0.39 is 0 Å². The number of thioether (sulfide) groups is 1. The third-order valence-corrected chi connectivity index (χ3v) is 3.33. The number of nitrogens with one attached hydrogen (secondary N) is 1. The molecule has 6 heteroatoms. The van der Waals surface area contributed by atoms with Crippen LogP contribution in [0.5, 0.6) is 0 Å². The van der Waals surface area contributed by atoms with Crippen molar-refractivity contribution in [2.24, 2.45) is 0 Å². The highest BCUT2D eigenvalue weighted by atomic mass is 32.2. The van der Waals surface area contributed by atoms with Gasteiger partial charge in [-0.05, 0) is 12.2 Å². The molecule has 2 rings (SSSR count). The Morgan fingerprint density at radius 1 is 1.53 bits per heavy atom. The summed E-state index contributed by atoms with van der Waals surface area (Å²) in [6.07, 6.45) is 3.81. The van der Waals surface area contributed by atoms with Crippen LogP contribution in [-0.4, -0.2) is 33.4 Å². The van der Waals surface area contributed by atoms with Gasteiger partial charge in [0.05, 0.1) is 12.4 Å². The fourth-order valence-corrected chi connectivity index (χ4v) is 2.52. The summed E-state index contributed by atoms with van der Waals surface area (Å²) in [7, 11) is 0. The molecule has 1 amide bonds. The molecule has 0 saturated carbocycles. The zero-order valence-electron chi connectivity index (χ0n) is 8.14. The number of carbonyl (C=O) groups is 1. The fourth-order valence-electron chi connectivity index (χ4n) is 1.36. The number of anilines is 1. The molecule has 2 heterocycles. The first-order valence-electron chi connectivity index (χ1n) is 4.72. The van der Waals surface area contributed by atoms with Crippen molar-refractivity contribution in [1.82, 2.24) is 15.3 Å². The van der Waals surface area contributed by atoms with Crippen molar-refractivity contribution in [3.63, 3.8) is 0 Å². The van der Waals surface area contributed by atoms with Crippen LogP contribution in [0.4, 0.5) is 5.82 Å². The number of nitrogens with zero attached hydrogens (tertiary/aromatic N) is 2. The molecule has 1 atom stereocenters. The standard InChI is InChI=1S/C9H12N4OS/c10-8-4-11-7(3-12-8)9(14)13-6-1-2-15-5-6/h3-4,6H,1-2,5H2,(H2,10,12)(H,13,14). The van der Waals surface area contributed by atoms with Crippen LogP contribution in [0.25, 0.3) is 0 Å². The lowest BCUT2D eigenvalue weighted by Gasteiger charge is -2.10. The smallest absolute Gasteiger partial charge is 0.271 e. The van der Waals surface area contributed by atoms with Gasteiger partial charge in [-0.2, -0.15) is 11.8 Å². The van der Waals surface area contributed by atoms with Crippen molar-refractivity contribution in [2.45, 2.75) is 12.5 Å². The minimum atomic E-state index is -0.171. The Morgan fingerprint density at radius 3 is 3.00 bits per heavy atom. The van der Waals surface area contributed by atoms with Crippen molar-refractivity contribution in [2.75, 3.05) is 17.2 Å². The van der Waals surface area contributed by atoms with Gasteiger partial charge in [0.25, 0.3) is 5.91 Å². The Bertz CT molecular complexity index is 348. The van der Waals surface area contributed by atoms with Crippen molar-refractivity contribution < 1.29 is 4.79 Å². The highest BCUT2D eigenvalue weighted by Gasteiger charge is 2.18. The predicted molar refractivity (Wildman–Crippen MR) is 59.6 cm³/mol. The molecule has 1 aromatic heterocycles. The highest BCUT2D eigenvalue weighted by molar-refractivity contribution is 7.99. The number of nitrogens with two attached hydrogens (primary N) is 1. The van der Waals surface area contributed by atoms with E-state index in [1.54, 1.807) is 0 Å². The zero-order valence-corrected chi connectivity index (χ0v) is 8.96. The first kappa shape index (κ1) is 10.2. The van der Waals surface area contributed by atoms with Crippen LogP contribution >= 0.6 is 11.8 Å². The second-order valence-corrected chi connectivity index (χ2v) is 4.51. The summed E-state index contributed by atoms with van der Waals surface area (Å²) in [6, 6.07) is 0.266. The van der Waals surface area contributed by atoms with E-state index in [1.807, 2.05) is 11.8 Å². The van der Waals surface area contributed by atoms with E-state index in [0.717, 1.165) is 17.9 Å². The van der Waals surface area contributed by atoms with Gasteiger partial charge >= 0.3 is 0 Å².